The van der Waals surface area contributed by atoms with E-state index in [2.05, 4.69) is 0 Å². The van der Waals surface area contributed by atoms with E-state index in [1.165, 1.54) is 0 Å². The lowest BCUT2D eigenvalue weighted by Crippen LogP contribution is -2.42. The molecule has 3 heteroatoms. The Morgan fingerprint density at radius 2 is 1.69 bits per heavy atom. The normalized spacial score (nSPS) is 20.8. The van der Waals surface area contributed by atoms with Gasteiger partial charge in [0, 0.05) is 5.54 Å². The van der Waals surface area contributed by atoms with Crippen LogP contribution in [-0.4, -0.2) is 29.5 Å². The monoisotopic (exact) mass is 189 g/mol. The molecule has 3 N–H and O–H groups in total. The lowest BCUT2D eigenvalue weighted by atomic mass is 10.0. The molecule has 0 radical (unpaired) electrons. The van der Waals surface area contributed by atoms with Gasteiger partial charge in [-0.3, -0.25) is 0 Å². The van der Waals surface area contributed by atoms with Crippen molar-refractivity contribution in [1.82, 2.24) is 0 Å². The van der Waals surface area contributed by atoms with E-state index in [-0.39, 0.29) is 5.54 Å². The third kappa shape index (κ3) is 6.02. The van der Waals surface area contributed by atoms with E-state index in [9.17, 15) is 5.11 Å². The number of hydrogen-bond acceptors (Lipinski definition) is 3. The third-order valence-corrected chi connectivity index (χ3v) is 2.41. The summed E-state index contributed by atoms with van der Waals surface area (Å²) in [6.45, 7) is 8.54. The molecular weight excluding hydrogens is 166 g/mol. The number of hydrogen-bond donors (Lipinski definition) is 2. The second-order valence-electron chi connectivity index (χ2n) is 4.35. The van der Waals surface area contributed by atoms with E-state index < -0.39 is 5.60 Å². The molecule has 2 atom stereocenters. The predicted octanol–water partition coefficient (Wildman–Crippen LogP) is 1.29. The summed E-state index contributed by atoms with van der Waals surface area (Å²) in [4.78, 5) is 0. The van der Waals surface area contributed by atoms with Crippen LogP contribution in [0.5, 0.6) is 0 Å². The Kier molecular flexibility index (Phi) is 4.89. The van der Waals surface area contributed by atoms with E-state index >= 15 is 0 Å². The predicted molar refractivity (Wildman–Crippen MR) is 54.6 cm³/mol. The Morgan fingerprint density at radius 3 is 2.08 bits per heavy atom. The summed E-state index contributed by atoms with van der Waals surface area (Å²) >= 11 is 0. The van der Waals surface area contributed by atoms with Crippen LogP contribution in [0.3, 0.4) is 0 Å². The molecule has 0 spiro atoms. The molecule has 80 valence electrons. The molecule has 0 aliphatic rings. The van der Waals surface area contributed by atoms with Crippen LogP contribution in [0.4, 0.5) is 0 Å². The molecular formula is C10H23NO2. The molecule has 0 amide bonds. The highest BCUT2D eigenvalue weighted by Gasteiger charge is 2.21. The van der Waals surface area contributed by atoms with Crippen molar-refractivity contribution in [2.45, 2.75) is 51.7 Å². The van der Waals surface area contributed by atoms with Crippen LogP contribution >= 0.6 is 0 Å². The average molecular weight is 189 g/mol. The highest BCUT2D eigenvalue weighted by atomic mass is 16.5. The Labute approximate surface area is 81.3 Å². The molecule has 0 bridgehead atoms. The van der Waals surface area contributed by atoms with Gasteiger partial charge in [0.1, 0.15) is 0 Å². The molecule has 0 fully saturated rings. The standard InChI is InChI=1S/C10H23NO2/c1-5-9(3,11)7-13-8-10(4,12)6-2/h12H,5-8,11H2,1-4H3. The Morgan fingerprint density at radius 1 is 1.15 bits per heavy atom. The van der Waals surface area contributed by atoms with Crippen LogP contribution in [-0.2, 0) is 4.74 Å². The van der Waals surface area contributed by atoms with Crippen LogP contribution in [0, 0.1) is 0 Å². The fourth-order valence-electron chi connectivity index (χ4n) is 0.708. The number of ether oxygens (including phenoxy) is 1. The smallest absolute Gasteiger partial charge is 0.0849 e. The fraction of sp³-hybridized carbons (Fsp3) is 1.00. The molecule has 0 aliphatic heterocycles. The summed E-state index contributed by atoms with van der Waals surface area (Å²) < 4.78 is 5.37. The van der Waals surface area contributed by atoms with Gasteiger partial charge < -0.3 is 15.6 Å². The number of rotatable bonds is 6. The van der Waals surface area contributed by atoms with Crippen molar-refractivity contribution in [3.63, 3.8) is 0 Å². The van der Waals surface area contributed by atoms with Crippen molar-refractivity contribution >= 4 is 0 Å². The topological polar surface area (TPSA) is 55.5 Å². The highest BCUT2D eigenvalue weighted by Crippen LogP contribution is 2.11. The average Bonchev–Trinajstić information content (AvgIpc) is 2.04. The summed E-state index contributed by atoms with van der Waals surface area (Å²) in [5, 5.41) is 9.63. The van der Waals surface area contributed by atoms with E-state index in [0.717, 1.165) is 6.42 Å². The fourth-order valence-corrected chi connectivity index (χ4v) is 0.708. The number of nitrogens with two attached hydrogens (primary N) is 1. The first-order chi connectivity index (χ1) is 5.83. The van der Waals surface area contributed by atoms with Crippen LogP contribution in [0.2, 0.25) is 0 Å². The zero-order valence-corrected chi connectivity index (χ0v) is 9.26. The van der Waals surface area contributed by atoms with Crippen LogP contribution < -0.4 is 5.73 Å². The minimum absolute atomic E-state index is 0.274. The molecule has 0 aliphatic carbocycles. The minimum Gasteiger partial charge on any atom is -0.388 e. The van der Waals surface area contributed by atoms with Gasteiger partial charge >= 0.3 is 0 Å². The first kappa shape index (κ1) is 12.9. The molecule has 2 unspecified atom stereocenters. The van der Waals surface area contributed by atoms with Gasteiger partial charge in [0.2, 0.25) is 0 Å². The summed E-state index contributed by atoms with van der Waals surface area (Å²) in [6, 6.07) is 0. The maximum Gasteiger partial charge on any atom is 0.0849 e. The second-order valence-corrected chi connectivity index (χ2v) is 4.35. The largest absolute Gasteiger partial charge is 0.388 e. The Balaban J connectivity index is 3.68. The van der Waals surface area contributed by atoms with Gasteiger partial charge in [-0.05, 0) is 26.7 Å². The third-order valence-electron chi connectivity index (χ3n) is 2.41. The molecule has 0 rings (SSSR count). The second kappa shape index (κ2) is 4.94. The van der Waals surface area contributed by atoms with Crippen molar-refractivity contribution in [3.05, 3.63) is 0 Å². The molecule has 0 heterocycles. The maximum atomic E-state index is 9.63. The highest BCUT2D eigenvalue weighted by molar-refractivity contribution is 4.77. The Bertz CT molecular complexity index is 128. The maximum absolute atomic E-state index is 9.63. The van der Waals surface area contributed by atoms with Gasteiger partial charge in [0.25, 0.3) is 0 Å². The van der Waals surface area contributed by atoms with E-state index in [1.807, 2.05) is 20.8 Å². The minimum atomic E-state index is -0.718. The SMILES string of the molecule is CCC(C)(N)COCC(C)(O)CC. The Hall–Kier alpha value is -0.120. The van der Waals surface area contributed by atoms with Crippen LogP contribution in [0.25, 0.3) is 0 Å². The van der Waals surface area contributed by atoms with Gasteiger partial charge in [0.05, 0.1) is 18.8 Å². The lowest BCUT2D eigenvalue weighted by molar-refractivity contribution is -0.0462. The van der Waals surface area contributed by atoms with Crippen LogP contribution in [0.15, 0.2) is 0 Å². The lowest BCUT2D eigenvalue weighted by Gasteiger charge is -2.26. The van der Waals surface area contributed by atoms with Crippen molar-refractivity contribution in [1.29, 1.82) is 0 Å². The first-order valence-electron chi connectivity index (χ1n) is 4.92. The summed E-state index contributed by atoms with van der Waals surface area (Å²) in [7, 11) is 0. The molecule has 0 aromatic heterocycles. The van der Waals surface area contributed by atoms with Crippen molar-refractivity contribution in [3.8, 4) is 0 Å². The molecule has 0 saturated carbocycles. The van der Waals surface area contributed by atoms with Gasteiger partial charge in [-0.2, -0.15) is 0 Å². The van der Waals surface area contributed by atoms with Crippen molar-refractivity contribution in [2.24, 2.45) is 5.73 Å². The molecule has 0 aromatic rings. The number of aliphatic hydroxyl groups is 1. The zero-order chi connectivity index (χ0) is 10.5. The van der Waals surface area contributed by atoms with E-state index in [1.54, 1.807) is 6.92 Å². The van der Waals surface area contributed by atoms with Gasteiger partial charge in [-0.25, -0.2) is 0 Å². The van der Waals surface area contributed by atoms with E-state index in [0.29, 0.717) is 19.6 Å². The van der Waals surface area contributed by atoms with Gasteiger partial charge in [-0.1, -0.05) is 13.8 Å². The molecule has 0 saturated heterocycles. The summed E-state index contributed by atoms with van der Waals surface area (Å²) in [5.41, 5.74) is 4.89. The quantitative estimate of drug-likeness (QED) is 0.662. The summed E-state index contributed by atoms with van der Waals surface area (Å²) in [5.74, 6) is 0. The van der Waals surface area contributed by atoms with E-state index in [4.69, 9.17) is 10.5 Å². The molecule has 0 aromatic carbocycles. The molecule has 3 nitrogen and oxygen atoms in total. The summed E-state index contributed by atoms with van der Waals surface area (Å²) in [6.07, 6.45) is 1.57. The van der Waals surface area contributed by atoms with Crippen molar-refractivity contribution in [2.75, 3.05) is 13.2 Å². The van der Waals surface area contributed by atoms with Crippen LogP contribution in [0.1, 0.15) is 40.5 Å². The van der Waals surface area contributed by atoms with Gasteiger partial charge in [0.15, 0.2) is 0 Å². The first-order valence-corrected chi connectivity index (χ1v) is 4.92. The molecule has 13 heavy (non-hydrogen) atoms. The zero-order valence-electron chi connectivity index (χ0n) is 9.26. The van der Waals surface area contributed by atoms with Crippen molar-refractivity contribution < 1.29 is 9.84 Å². The van der Waals surface area contributed by atoms with Gasteiger partial charge in [-0.15, -0.1) is 0 Å².